The molecule has 4 nitrogen and oxygen atoms in total. The fourth-order valence-corrected chi connectivity index (χ4v) is 3.65. The standard InChI is InChI=1S/C22H21N3O/c1-24-13-12-23-22(24)21(26)14-18(16-8-4-3-5-9-16)19-15-25(2)20-11-7-6-10-17(19)20/h3-13,15,18H,14H2,1-2H3/t18-/m0/s1. The number of aryl methyl sites for hydroxylation is 2. The highest BCUT2D eigenvalue weighted by Crippen LogP contribution is 2.35. The molecular weight excluding hydrogens is 322 g/mol. The van der Waals surface area contributed by atoms with E-state index >= 15 is 0 Å². The second-order valence-electron chi connectivity index (χ2n) is 6.66. The molecule has 0 bridgehead atoms. The molecule has 0 saturated carbocycles. The minimum Gasteiger partial charge on any atom is -0.350 e. The summed E-state index contributed by atoms with van der Waals surface area (Å²) in [6.45, 7) is 0. The predicted molar refractivity (Wildman–Crippen MR) is 103 cm³/mol. The van der Waals surface area contributed by atoms with Crippen LogP contribution >= 0.6 is 0 Å². The molecule has 0 aliphatic heterocycles. The number of fused-ring (bicyclic) bond motifs is 1. The van der Waals surface area contributed by atoms with Gasteiger partial charge in [-0.2, -0.15) is 0 Å². The van der Waals surface area contributed by atoms with Crippen LogP contribution < -0.4 is 0 Å². The first-order valence-corrected chi connectivity index (χ1v) is 8.74. The molecule has 0 N–H and O–H groups in total. The second kappa shape index (κ2) is 6.64. The third-order valence-electron chi connectivity index (χ3n) is 4.97. The minimum atomic E-state index is -0.00787. The van der Waals surface area contributed by atoms with E-state index in [1.807, 2.05) is 37.5 Å². The van der Waals surface area contributed by atoms with Gasteiger partial charge in [0.25, 0.3) is 0 Å². The molecule has 0 amide bonds. The maximum atomic E-state index is 12.9. The summed E-state index contributed by atoms with van der Waals surface area (Å²) in [5.74, 6) is 0.553. The molecule has 0 spiro atoms. The van der Waals surface area contributed by atoms with Crippen molar-refractivity contribution in [1.82, 2.24) is 14.1 Å². The van der Waals surface area contributed by atoms with E-state index in [0.29, 0.717) is 12.2 Å². The maximum Gasteiger partial charge on any atom is 0.199 e. The highest BCUT2D eigenvalue weighted by Gasteiger charge is 2.24. The highest BCUT2D eigenvalue weighted by molar-refractivity contribution is 5.94. The van der Waals surface area contributed by atoms with Crippen LogP contribution in [0.3, 0.4) is 0 Å². The number of imidazole rings is 1. The van der Waals surface area contributed by atoms with E-state index in [9.17, 15) is 4.79 Å². The maximum absolute atomic E-state index is 12.9. The van der Waals surface area contributed by atoms with Gasteiger partial charge in [-0.3, -0.25) is 4.79 Å². The van der Waals surface area contributed by atoms with E-state index in [2.05, 4.69) is 53.1 Å². The minimum absolute atomic E-state index is 0.00787. The molecule has 2 heterocycles. The number of carbonyl (C=O) groups is 1. The van der Waals surface area contributed by atoms with Crippen LogP contribution in [0.4, 0.5) is 0 Å². The van der Waals surface area contributed by atoms with E-state index in [1.165, 1.54) is 16.5 Å². The molecule has 0 fully saturated rings. The van der Waals surface area contributed by atoms with Crippen molar-refractivity contribution in [1.29, 1.82) is 0 Å². The third kappa shape index (κ3) is 2.84. The van der Waals surface area contributed by atoms with Crippen molar-refractivity contribution < 1.29 is 4.79 Å². The molecule has 0 saturated heterocycles. The van der Waals surface area contributed by atoms with Crippen LogP contribution in [-0.2, 0) is 14.1 Å². The van der Waals surface area contributed by atoms with Gasteiger partial charge in [-0.15, -0.1) is 0 Å². The van der Waals surface area contributed by atoms with E-state index in [4.69, 9.17) is 0 Å². The number of aromatic nitrogens is 3. The average Bonchev–Trinajstić information content (AvgIpc) is 3.24. The van der Waals surface area contributed by atoms with Crippen molar-refractivity contribution >= 4 is 16.7 Å². The lowest BCUT2D eigenvalue weighted by atomic mass is 9.86. The van der Waals surface area contributed by atoms with Gasteiger partial charge in [0, 0.05) is 55.9 Å². The van der Waals surface area contributed by atoms with Gasteiger partial charge in [0.1, 0.15) is 0 Å². The predicted octanol–water partition coefficient (Wildman–Crippen LogP) is 4.32. The molecule has 1 atom stereocenters. The zero-order valence-electron chi connectivity index (χ0n) is 15.0. The van der Waals surface area contributed by atoms with Gasteiger partial charge < -0.3 is 9.13 Å². The SMILES string of the molecule is Cn1ccnc1C(=O)C[C@@H](c1ccccc1)c1cn(C)c2ccccc12. The van der Waals surface area contributed by atoms with Crippen LogP contribution in [-0.4, -0.2) is 19.9 Å². The molecule has 0 aliphatic carbocycles. The largest absolute Gasteiger partial charge is 0.350 e. The van der Waals surface area contributed by atoms with Gasteiger partial charge in [-0.25, -0.2) is 4.98 Å². The van der Waals surface area contributed by atoms with E-state index in [-0.39, 0.29) is 11.7 Å². The Morgan fingerprint density at radius 2 is 1.73 bits per heavy atom. The first kappa shape index (κ1) is 16.3. The lowest BCUT2D eigenvalue weighted by Gasteiger charge is -2.16. The van der Waals surface area contributed by atoms with Gasteiger partial charge in [0.15, 0.2) is 11.6 Å². The van der Waals surface area contributed by atoms with Crippen molar-refractivity contribution in [2.75, 3.05) is 0 Å². The van der Waals surface area contributed by atoms with Crippen LogP contribution in [0.1, 0.15) is 34.1 Å². The summed E-state index contributed by atoms with van der Waals surface area (Å²) >= 11 is 0. The number of para-hydroxylation sites is 1. The summed E-state index contributed by atoms with van der Waals surface area (Å²) in [6.07, 6.45) is 6.02. The van der Waals surface area contributed by atoms with Gasteiger partial charge >= 0.3 is 0 Å². The Bertz CT molecular complexity index is 1060. The molecule has 4 heteroatoms. The van der Waals surface area contributed by atoms with Crippen molar-refractivity contribution in [2.45, 2.75) is 12.3 Å². The van der Waals surface area contributed by atoms with Crippen LogP contribution in [0.15, 0.2) is 73.2 Å². The topological polar surface area (TPSA) is 39.8 Å². The number of ketones is 1. The quantitative estimate of drug-likeness (QED) is 0.506. The van der Waals surface area contributed by atoms with E-state index in [1.54, 1.807) is 10.8 Å². The lowest BCUT2D eigenvalue weighted by molar-refractivity contribution is 0.0964. The molecule has 2 aromatic heterocycles. The van der Waals surface area contributed by atoms with Crippen molar-refractivity contribution in [2.24, 2.45) is 14.1 Å². The Morgan fingerprint density at radius 1 is 1.00 bits per heavy atom. The molecule has 0 unspecified atom stereocenters. The Labute approximate surface area is 152 Å². The summed E-state index contributed by atoms with van der Waals surface area (Å²) in [7, 11) is 3.91. The summed E-state index contributed by atoms with van der Waals surface area (Å²) in [5, 5.41) is 1.19. The zero-order chi connectivity index (χ0) is 18.1. The number of rotatable bonds is 5. The Morgan fingerprint density at radius 3 is 2.46 bits per heavy atom. The molecule has 4 rings (SSSR count). The molecule has 0 radical (unpaired) electrons. The fraction of sp³-hybridized carbons (Fsp3) is 0.182. The first-order valence-electron chi connectivity index (χ1n) is 8.74. The molecule has 4 aromatic rings. The number of hydrogen-bond acceptors (Lipinski definition) is 2. The van der Waals surface area contributed by atoms with Gasteiger partial charge in [0.2, 0.25) is 0 Å². The number of benzene rings is 2. The molecule has 2 aromatic carbocycles. The molecule has 26 heavy (non-hydrogen) atoms. The van der Waals surface area contributed by atoms with Crippen molar-refractivity contribution in [3.8, 4) is 0 Å². The Kier molecular flexibility index (Phi) is 4.17. The van der Waals surface area contributed by atoms with Crippen molar-refractivity contribution in [3.05, 3.63) is 90.1 Å². The smallest absolute Gasteiger partial charge is 0.199 e. The summed E-state index contributed by atoms with van der Waals surface area (Å²) in [4.78, 5) is 17.2. The summed E-state index contributed by atoms with van der Waals surface area (Å²) in [5.41, 5.74) is 3.50. The number of hydrogen-bond donors (Lipinski definition) is 0. The number of Topliss-reactive ketones (excluding diaryl/α,β-unsaturated/α-hetero) is 1. The fourth-order valence-electron chi connectivity index (χ4n) is 3.65. The third-order valence-corrected chi connectivity index (χ3v) is 4.97. The molecule has 0 aliphatic rings. The monoisotopic (exact) mass is 343 g/mol. The van der Waals surface area contributed by atoms with E-state index in [0.717, 1.165) is 5.56 Å². The average molecular weight is 343 g/mol. The first-order chi connectivity index (χ1) is 12.6. The van der Waals surface area contributed by atoms with Crippen LogP contribution in [0.25, 0.3) is 10.9 Å². The van der Waals surface area contributed by atoms with Crippen LogP contribution in [0.5, 0.6) is 0 Å². The summed E-state index contributed by atoms with van der Waals surface area (Å²) < 4.78 is 3.92. The Hall–Kier alpha value is -3.14. The zero-order valence-corrected chi connectivity index (χ0v) is 15.0. The highest BCUT2D eigenvalue weighted by atomic mass is 16.1. The number of carbonyl (C=O) groups excluding carboxylic acids is 1. The Balaban J connectivity index is 1.81. The number of nitrogens with zero attached hydrogens (tertiary/aromatic N) is 3. The normalized spacial score (nSPS) is 12.4. The summed E-state index contributed by atoms with van der Waals surface area (Å²) in [6, 6.07) is 18.6. The van der Waals surface area contributed by atoms with E-state index < -0.39 is 0 Å². The van der Waals surface area contributed by atoms with Gasteiger partial charge in [-0.1, -0.05) is 48.5 Å². The molecule has 130 valence electrons. The van der Waals surface area contributed by atoms with Gasteiger partial charge in [0.05, 0.1) is 0 Å². The van der Waals surface area contributed by atoms with Crippen LogP contribution in [0, 0.1) is 0 Å². The van der Waals surface area contributed by atoms with Crippen molar-refractivity contribution in [3.63, 3.8) is 0 Å². The van der Waals surface area contributed by atoms with Crippen LogP contribution in [0.2, 0.25) is 0 Å². The lowest BCUT2D eigenvalue weighted by Crippen LogP contribution is -2.13. The molecular formula is C22H21N3O. The second-order valence-corrected chi connectivity index (χ2v) is 6.66. The van der Waals surface area contributed by atoms with Gasteiger partial charge in [-0.05, 0) is 17.2 Å².